The molecule has 3 aromatic rings. The molecule has 1 aliphatic heterocycles. The second kappa shape index (κ2) is 12.0. The molecule has 0 unspecified atom stereocenters. The van der Waals surface area contributed by atoms with Crippen LogP contribution in [0.5, 0.6) is 5.75 Å². The average Bonchev–Trinajstić information content (AvgIpc) is 2.87. The molecular weight excluding hydrogens is 416 g/mol. The quantitative estimate of drug-likeness (QED) is 0.368. The lowest BCUT2D eigenvalue weighted by atomic mass is 10.0. The third-order valence-corrected chi connectivity index (χ3v) is 5.74. The van der Waals surface area contributed by atoms with Crippen molar-refractivity contribution in [2.45, 2.75) is 25.9 Å². The van der Waals surface area contributed by atoms with Gasteiger partial charge in [0.05, 0.1) is 0 Å². The summed E-state index contributed by atoms with van der Waals surface area (Å²) in [6, 6.07) is 22.2. The lowest BCUT2D eigenvalue weighted by Crippen LogP contribution is -2.35. The molecule has 0 bridgehead atoms. The number of nitrogens with zero attached hydrogens (tertiary/aromatic N) is 1. The number of rotatable bonds is 10. The van der Waals surface area contributed by atoms with Crippen molar-refractivity contribution in [2.75, 3.05) is 26.4 Å². The van der Waals surface area contributed by atoms with Gasteiger partial charge in [0.1, 0.15) is 12.4 Å². The van der Waals surface area contributed by atoms with Gasteiger partial charge in [-0.25, -0.2) is 0 Å². The molecule has 6 nitrogen and oxygen atoms in total. The molecule has 33 heavy (non-hydrogen) atoms. The Morgan fingerprint density at radius 2 is 1.76 bits per heavy atom. The molecule has 1 aliphatic rings. The number of carbonyl (C=O) groups excluding carboxylic acids is 1. The van der Waals surface area contributed by atoms with Gasteiger partial charge < -0.3 is 19.6 Å². The zero-order chi connectivity index (χ0) is 22.7. The van der Waals surface area contributed by atoms with E-state index in [2.05, 4.69) is 40.8 Å². The van der Waals surface area contributed by atoms with Gasteiger partial charge in [0.2, 0.25) is 0 Å². The highest BCUT2D eigenvalue weighted by atomic mass is 16.6. The highest BCUT2D eigenvalue weighted by Crippen LogP contribution is 2.17. The predicted molar refractivity (Wildman–Crippen MR) is 129 cm³/mol. The van der Waals surface area contributed by atoms with E-state index >= 15 is 0 Å². The molecule has 1 amide bonds. The van der Waals surface area contributed by atoms with Crippen LogP contribution in [0.2, 0.25) is 0 Å². The largest absolute Gasteiger partial charge is 0.484 e. The zero-order valence-corrected chi connectivity index (χ0v) is 18.7. The molecular formula is C27H30N2O4. The Morgan fingerprint density at radius 3 is 2.58 bits per heavy atom. The summed E-state index contributed by atoms with van der Waals surface area (Å²) >= 11 is 0. The van der Waals surface area contributed by atoms with Crippen molar-refractivity contribution in [3.8, 4) is 5.75 Å². The molecule has 1 fully saturated rings. The molecule has 3 aromatic carbocycles. The fourth-order valence-electron chi connectivity index (χ4n) is 3.77. The first-order chi connectivity index (χ1) is 16.3. The summed E-state index contributed by atoms with van der Waals surface area (Å²) in [6.45, 7) is 2.71. The number of fused-ring (bicyclic) bond motifs is 1. The van der Waals surface area contributed by atoms with Crippen LogP contribution in [0.1, 0.15) is 24.0 Å². The van der Waals surface area contributed by atoms with E-state index in [1.807, 2.05) is 36.4 Å². The van der Waals surface area contributed by atoms with Gasteiger partial charge in [-0.05, 0) is 58.9 Å². The predicted octanol–water partition coefficient (Wildman–Crippen LogP) is 4.51. The molecule has 0 atom stereocenters. The van der Waals surface area contributed by atoms with Gasteiger partial charge in [0.15, 0.2) is 6.61 Å². The highest BCUT2D eigenvalue weighted by Gasteiger charge is 2.14. The number of benzene rings is 3. The Hall–Kier alpha value is -3.38. The normalized spacial score (nSPS) is 14.4. The summed E-state index contributed by atoms with van der Waals surface area (Å²) in [7, 11) is 0. The molecule has 0 aliphatic carbocycles. The lowest BCUT2D eigenvalue weighted by Gasteiger charge is -2.22. The second-order valence-corrected chi connectivity index (χ2v) is 8.24. The fourth-order valence-corrected chi connectivity index (χ4v) is 3.77. The van der Waals surface area contributed by atoms with Crippen molar-refractivity contribution in [3.05, 3.63) is 77.9 Å². The van der Waals surface area contributed by atoms with Crippen LogP contribution >= 0.6 is 0 Å². The summed E-state index contributed by atoms with van der Waals surface area (Å²) in [5.74, 6) is 1.07. The second-order valence-electron chi connectivity index (χ2n) is 8.24. The van der Waals surface area contributed by atoms with Crippen LogP contribution in [0.15, 0.2) is 71.9 Å². The van der Waals surface area contributed by atoms with E-state index in [0.29, 0.717) is 31.2 Å². The molecule has 0 saturated carbocycles. The summed E-state index contributed by atoms with van der Waals surface area (Å²) in [4.78, 5) is 17.4. The smallest absolute Gasteiger partial charge is 0.257 e. The SMILES string of the molecule is O=C(COc1ccc(CC=NOCc2ccc3ccccc3c2)cc1)NCC1CCOCC1. The minimum Gasteiger partial charge on any atom is -0.484 e. The Kier molecular flexibility index (Phi) is 8.30. The minimum atomic E-state index is -0.0961. The van der Waals surface area contributed by atoms with Gasteiger partial charge in [-0.15, -0.1) is 0 Å². The van der Waals surface area contributed by atoms with Crippen LogP contribution in [-0.2, 0) is 27.4 Å². The molecule has 6 heteroatoms. The number of oxime groups is 1. The monoisotopic (exact) mass is 446 g/mol. The van der Waals surface area contributed by atoms with Crippen molar-refractivity contribution in [1.29, 1.82) is 0 Å². The number of amides is 1. The maximum atomic E-state index is 12.0. The molecule has 1 saturated heterocycles. The zero-order valence-electron chi connectivity index (χ0n) is 18.7. The van der Waals surface area contributed by atoms with Crippen LogP contribution in [0, 0.1) is 5.92 Å². The first-order valence-corrected chi connectivity index (χ1v) is 11.4. The van der Waals surface area contributed by atoms with Gasteiger partial charge in [-0.3, -0.25) is 4.79 Å². The van der Waals surface area contributed by atoms with E-state index in [-0.39, 0.29) is 12.5 Å². The third-order valence-electron chi connectivity index (χ3n) is 5.74. The lowest BCUT2D eigenvalue weighted by molar-refractivity contribution is -0.123. The van der Waals surface area contributed by atoms with Crippen LogP contribution in [0.4, 0.5) is 0 Å². The first kappa shape index (κ1) is 22.8. The highest BCUT2D eigenvalue weighted by molar-refractivity contribution is 5.83. The summed E-state index contributed by atoms with van der Waals surface area (Å²) in [5.41, 5.74) is 2.17. The molecule has 1 N–H and O–H groups in total. The van der Waals surface area contributed by atoms with Gasteiger partial charge >= 0.3 is 0 Å². The Morgan fingerprint density at radius 1 is 1.00 bits per heavy atom. The van der Waals surface area contributed by atoms with Crippen molar-refractivity contribution >= 4 is 22.9 Å². The maximum Gasteiger partial charge on any atom is 0.257 e. The first-order valence-electron chi connectivity index (χ1n) is 11.4. The molecule has 0 radical (unpaired) electrons. The van der Waals surface area contributed by atoms with E-state index in [4.69, 9.17) is 14.3 Å². The average molecular weight is 447 g/mol. The number of ether oxygens (including phenoxy) is 2. The van der Waals surface area contributed by atoms with E-state index in [0.717, 1.165) is 37.2 Å². The van der Waals surface area contributed by atoms with Crippen molar-refractivity contribution < 1.29 is 19.1 Å². The number of carbonyl (C=O) groups is 1. The standard InChI is InChI=1S/C27H30N2O4/c30-27(28-18-22-12-15-31-16-13-22)20-32-26-9-6-21(7-10-26)11-14-29-33-19-23-5-8-24-3-1-2-4-25(24)17-23/h1-10,14,17,22H,11-13,15-16,18-20H2,(H,28,30). The van der Waals surface area contributed by atoms with Crippen LogP contribution in [-0.4, -0.2) is 38.5 Å². The molecule has 1 heterocycles. The molecule has 172 valence electrons. The van der Waals surface area contributed by atoms with Crippen molar-refractivity contribution in [1.82, 2.24) is 5.32 Å². The van der Waals surface area contributed by atoms with E-state index < -0.39 is 0 Å². The number of nitrogens with one attached hydrogen (secondary N) is 1. The molecule has 0 aromatic heterocycles. The van der Waals surface area contributed by atoms with Crippen LogP contribution < -0.4 is 10.1 Å². The Bertz CT molecular complexity index is 1060. The summed E-state index contributed by atoms with van der Waals surface area (Å²) < 4.78 is 10.9. The molecule has 0 spiro atoms. The van der Waals surface area contributed by atoms with Gasteiger partial charge in [-0.2, -0.15) is 0 Å². The number of hydrogen-bond donors (Lipinski definition) is 1. The summed E-state index contributed by atoms with van der Waals surface area (Å²) in [6.07, 6.45) is 4.41. The topological polar surface area (TPSA) is 69.2 Å². The maximum absolute atomic E-state index is 12.0. The van der Waals surface area contributed by atoms with E-state index in [1.54, 1.807) is 6.21 Å². The van der Waals surface area contributed by atoms with Crippen molar-refractivity contribution in [2.24, 2.45) is 11.1 Å². The van der Waals surface area contributed by atoms with Gasteiger partial charge in [-0.1, -0.05) is 53.7 Å². The van der Waals surface area contributed by atoms with Gasteiger partial charge in [0, 0.05) is 32.4 Å². The van der Waals surface area contributed by atoms with Crippen LogP contribution in [0.3, 0.4) is 0 Å². The minimum absolute atomic E-state index is 0.0205. The molecule has 4 rings (SSSR count). The van der Waals surface area contributed by atoms with E-state index in [1.165, 1.54) is 10.8 Å². The Balaban J connectivity index is 1.14. The van der Waals surface area contributed by atoms with Crippen molar-refractivity contribution in [3.63, 3.8) is 0 Å². The summed E-state index contributed by atoms with van der Waals surface area (Å²) in [5, 5.41) is 9.42. The Labute approximate surface area is 194 Å². The van der Waals surface area contributed by atoms with E-state index in [9.17, 15) is 4.79 Å². The van der Waals surface area contributed by atoms with Crippen LogP contribution in [0.25, 0.3) is 10.8 Å². The van der Waals surface area contributed by atoms with Gasteiger partial charge in [0.25, 0.3) is 5.91 Å². The third kappa shape index (κ3) is 7.32. The fraction of sp³-hybridized carbons (Fsp3) is 0.333. The number of hydrogen-bond acceptors (Lipinski definition) is 5.